The predicted octanol–water partition coefficient (Wildman–Crippen LogP) is 11.8. The molecule has 0 spiro atoms. The summed E-state index contributed by atoms with van der Waals surface area (Å²) in [5.41, 5.74) is 10.6. The van der Waals surface area contributed by atoms with Crippen LogP contribution < -0.4 is 0 Å². The molecule has 0 atom stereocenters. The van der Waals surface area contributed by atoms with Crippen molar-refractivity contribution in [1.82, 2.24) is 0 Å². The van der Waals surface area contributed by atoms with Gasteiger partial charge < -0.3 is 6.17 Å². The zero-order chi connectivity index (χ0) is 34.3. The molecule has 0 amide bonds. The molecule has 0 unspecified atom stereocenters. The number of hydrogen-bond donors (Lipinski definition) is 0. The van der Waals surface area contributed by atoms with Crippen molar-refractivity contribution in [2.45, 2.75) is 26.7 Å². The van der Waals surface area contributed by atoms with Crippen LogP contribution in [0.2, 0.25) is 0 Å². The first kappa shape index (κ1) is 38.2. The van der Waals surface area contributed by atoms with E-state index >= 15 is 0 Å². The second-order valence-corrected chi connectivity index (χ2v) is 11.7. The Bertz CT molecular complexity index is 1970. The monoisotopic (exact) mass is 828 g/mol. The Kier molecular flexibility index (Phi) is 15.4. The van der Waals surface area contributed by atoms with Gasteiger partial charge in [-0.1, -0.05) is 134 Å². The molecule has 8 aromatic carbocycles. The summed E-state index contributed by atoms with van der Waals surface area (Å²) in [7, 11) is 1.36. The summed E-state index contributed by atoms with van der Waals surface area (Å²) in [6.07, 6.45) is 8.89. The molecule has 0 bridgehead atoms. The Labute approximate surface area is 321 Å². The molecular formula is C48H44HfSi. The molecular weight excluding hydrogens is 783 g/mol. The van der Waals surface area contributed by atoms with Crippen molar-refractivity contribution in [1.29, 1.82) is 0 Å². The van der Waals surface area contributed by atoms with Crippen LogP contribution in [0.15, 0.2) is 182 Å². The van der Waals surface area contributed by atoms with Gasteiger partial charge in [-0.2, -0.15) is 12.1 Å². The molecule has 8 rings (SSSR count). The number of fused-ring (bicyclic) bond motifs is 2. The van der Waals surface area contributed by atoms with E-state index in [1.165, 1.54) is 75.9 Å². The van der Waals surface area contributed by atoms with Crippen LogP contribution in [0.5, 0.6) is 0 Å². The zero-order valence-corrected chi connectivity index (χ0v) is 34.1. The Morgan fingerprint density at radius 3 is 1.14 bits per heavy atom. The van der Waals surface area contributed by atoms with E-state index in [1.807, 2.05) is 12.1 Å². The summed E-state index contributed by atoms with van der Waals surface area (Å²) >= 11 is 0. The fourth-order valence-corrected chi connectivity index (χ4v) is 6.03. The minimum Gasteiger partial charge on any atom is -0.533 e. The average Bonchev–Trinajstić information content (AvgIpc) is 3.82. The molecule has 0 aromatic heterocycles. The summed E-state index contributed by atoms with van der Waals surface area (Å²) in [5.74, 6) is 0. The normalized spacial score (nSPS) is 9.96. The van der Waals surface area contributed by atoms with Gasteiger partial charge in [0.1, 0.15) is 0 Å². The number of aryl methyl sites for hydroxylation is 2. The van der Waals surface area contributed by atoms with Crippen LogP contribution >= 0.6 is 0 Å². The largest absolute Gasteiger partial charge is 4.00 e. The Balaban J connectivity index is 0.000000164. The molecule has 0 radical (unpaired) electrons. The molecule has 0 nitrogen and oxygen atoms in total. The molecule has 8 aromatic rings. The molecule has 0 heterocycles. The van der Waals surface area contributed by atoms with Gasteiger partial charge in [0.15, 0.2) is 0 Å². The van der Waals surface area contributed by atoms with Crippen molar-refractivity contribution in [2.75, 3.05) is 0 Å². The van der Waals surface area contributed by atoms with Gasteiger partial charge in [-0.05, 0) is 24.0 Å². The van der Waals surface area contributed by atoms with Crippen molar-refractivity contribution in [3.05, 3.63) is 211 Å². The fourth-order valence-electron chi connectivity index (χ4n) is 6.03. The second kappa shape index (κ2) is 20.1. The summed E-state index contributed by atoms with van der Waals surface area (Å²) in [4.78, 5) is 0. The Hall–Kier alpha value is -4.63. The maximum atomic E-state index is 4.53. The zero-order valence-electron chi connectivity index (χ0n) is 29.1. The van der Waals surface area contributed by atoms with Crippen LogP contribution in [-0.4, -0.2) is 16.0 Å². The van der Waals surface area contributed by atoms with Gasteiger partial charge in [-0.15, -0.1) is 111 Å². The van der Waals surface area contributed by atoms with Gasteiger partial charge in [0.05, 0.1) is 0 Å². The summed E-state index contributed by atoms with van der Waals surface area (Å²) in [6.45, 7) is 4.41. The van der Waals surface area contributed by atoms with Crippen molar-refractivity contribution in [3.8, 4) is 22.3 Å². The smallest absolute Gasteiger partial charge is 0.533 e. The predicted molar refractivity (Wildman–Crippen MR) is 219 cm³/mol. The molecule has 0 aliphatic heterocycles. The number of benzene rings is 6. The SMILES string of the molecule is CCc1cc2c(-c3ccccc3)cccc2[cH-]1.CCc1cc2c(-c3ccccc3)cccc2[cH-]1.[CH-]=[SiH2].[Hf+4].c1ccc([CH-]c2ccccc2)cc1. The molecule has 0 aliphatic carbocycles. The van der Waals surface area contributed by atoms with Gasteiger partial charge in [-0.3, -0.25) is 0 Å². The Morgan fingerprint density at radius 2 is 0.800 bits per heavy atom. The third-order valence-corrected chi connectivity index (χ3v) is 8.54. The summed E-state index contributed by atoms with van der Waals surface area (Å²) in [6, 6.07) is 64.2. The maximum Gasteiger partial charge on any atom is 4.00 e. The first-order valence-electron chi connectivity index (χ1n) is 17.0. The van der Waals surface area contributed by atoms with Crippen LogP contribution in [0.1, 0.15) is 36.1 Å². The third-order valence-electron chi connectivity index (χ3n) is 8.54. The van der Waals surface area contributed by atoms with Gasteiger partial charge in [0.25, 0.3) is 0 Å². The standard InChI is InChI=1S/2C17H15.C13H11.CH3Si.Hf/c2*1-2-13-11-15-9-6-10-16(17(15)12-13)14-7-4-3-5-8-14;1-3-7-12(8-4-1)11-13-9-5-2-6-10-13;1-2;/h2*3-12H,2H2,1H3;1-11H;1H,2H2;/q4*-1;+4. The number of hydrogen-bond acceptors (Lipinski definition) is 0. The topological polar surface area (TPSA) is 0 Å². The second-order valence-electron chi connectivity index (χ2n) is 11.7. The van der Waals surface area contributed by atoms with E-state index < -0.39 is 0 Å². The molecule has 2 heteroatoms. The first-order valence-corrected chi connectivity index (χ1v) is 17.9. The van der Waals surface area contributed by atoms with Crippen LogP contribution in [0.25, 0.3) is 43.8 Å². The molecule has 50 heavy (non-hydrogen) atoms. The van der Waals surface area contributed by atoms with Crippen LogP contribution in [0, 0.1) is 6.42 Å². The average molecular weight is 827 g/mol. The molecule has 0 N–H and O–H groups in total. The quantitative estimate of drug-likeness (QED) is 0.116. The van der Waals surface area contributed by atoms with Crippen LogP contribution in [0.4, 0.5) is 0 Å². The molecule has 0 saturated heterocycles. The van der Waals surface area contributed by atoms with Gasteiger partial charge in [0, 0.05) is 0 Å². The van der Waals surface area contributed by atoms with E-state index in [0.717, 1.165) is 12.8 Å². The summed E-state index contributed by atoms with van der Waals surface area (Å²) < 4.78 is 0. The minimum atomic E-state index is 0. The van der Waals surface area contributed by atoms with Gasteiger partial charge >= 0.3 is 25.8 Å². The molecule has 244 valence electrons. The maximum absolute atomic E-state index is 4.53. The van der Waals surface area contributed by atoms with E-state index in [2.05, 4.69) is 196 Å². The van der Waals surface area contributed by atoms with Crippen LogP contribution in [0.3, 0.4) is 0 Å². The molecule has 0 saturated carbocycles. The first-order chi connectivity index (χ1) is 24.2. The van der Waals surface area contributed by atoms with E-state index in [-0.39, 0.29) is 25.8 Å². The molecule has 0 aliphatic rings. The van der Waals surface area contributed by atoms with Crippen LogP contribution in [-0.2, 0) is 38.7 Å². The van der Waals surface area contributed by atoms with Crippen molar-refractivity contribution < 1.29 is 25.8 Å². The Morgan fingerprint density at radius 1 is 0.460 bits per heavy atom. The molecule has 0 fully saturated rings. The van der Waals surface area contributed by atoms with E-state index in [9.17, 15) is 0 Å². The van der Waals surface area contributed by atoms with E-state index in [4.69, 9.17) is 0 Å². The van der Waals surface area contributed by atoms with E-state index in [0.29, 0.717) is 0 Å². The third kappa shape index (κ3) is 10.2. The van der Waals surface area contributed by atoms with E-state index in [1.54, 1.807) is 0 Å². The number of rotatable bonds is 6. The van der Waals surface area contributed by atoms with Crippen molar-refractivity contribution in [2.24, 2.45) is 0 Å². The summed E-state index contributed by atoms with van der Waals surface area (Å²) in [5, 5.41) is 5.44. The van der Waals surface area contributed by atoms with Crippen molar-refractivity contribution >= 4 is 37.6 Å². The minimum absolute atomic E-state index is 0. The van der Waals surface area contributed by atoms with Gasteiger partial charge in [-0.25, -0.2) is 9.85 Å². The fraction of sp³-hybridized carbons (Fsp3) is 0.0833. The van der Waals surface area contributed by atoms with Crippen molar-refractivity contribution in [3.63, 3.8) is 0 Å². The van der Waals surface area contributed by atoms with Gasteiger partial charge in [0.2, 0.25) is 0 Å².